The van der Waals surface area contributed by atoms with Gasteiger partial charge in [-0.3, -0.25) is 0 Å². The minimum absolute atomic E-state index is 0.423. The van der Waals surface area contributed by atoms with Crippen LogP contribution in [0.5, 0.6) is 0 Å². The zero-order valence-electron chi connectivity index (χ0n) is 8.10. The van der Waals surface area contributed by atoms with E-state index in [1.165, 1.54) is 6.08 Å². The van der Waals surface area contributed by atoms with Crippen LogP contribution in [0.2, 0.25) is 0 Å². The number of rotatable bonds is 4. The van der Waals surface area contributed by atoms with Gasteiger partial charge in [0, 0.05) is 12.0 Å². The first-order valence-electron chi connectivity index (χ1n) is 4.60. The lowest BCUT2D eigenvalue weighted by atomic mass is 9.99. The standard InChI is InChI=1S/C11H13NO2/c1-2-8-11(14,12-9-13)10-6-4-3-5-7-10/h3-7,14H,2,8H2,1H3. The minimum atomic E-state index is -1.40. The first kappa shape index (κ1) is 10.6. The first-order valence-corrected chi connectivity index (χ1v) is 4.60. The molecule has 0 aromatic heterocycles. The summed E-state index contributed by atoms with van der Waals surface area (Å²) in [4.78, 5) is 13.7. The highest BCUT2D eigenvalue weighted by Gasteiger charge is 2.26. The van der Waals surface area contributed by atoms with E-state index in [0.29, 0.717) is 12.0 Å². The fraction of sp³-hybridized carbons (Fsp3) is 0.364. The second kappa shape index (κ2) is 4.70. The van der Waals surface area contributed by atoms with Gasteiger partial charge in [0.2, 0.25) is 6.08 Å². The normalized spacial score (nSPS) is 14.1. The molecule has 1 N–H and O–H groups in total. The lowest BCUT2D eigenvalue weighted by Gasteiger charge is -2.21. The van der Waals surface area contributed by atoms with Crippen molar-refractivity contribution in [2.75, 3.05) is 0 Å². The topological polar surface area (TPSA) is 49.7 Å². The molecule has 1 rings (SSSR count). The minimum Gasteiger partial charge on any atom is -0.365 e. The Balaban J connectivity index is 3.05. The lowest BCUT2D eigenvalue weighted by molar-refractivity contribution is 0.0364. The van der Waals surface area contributed by atoms with Gasteiger partial charge in [-0.1, -0.05) is 43.7 Å². The molecule has 0 amide bonds. The molecule has 74 valence electrons. The average molecular weight is 191 g/mol. The third-order valence-electron chi connectivity index (χ3n) is 2.07. The van der Waals surface area contributed by atoms with Crippen molar-refractivity contribution in [1.29, 1.82) is 0 Å². The van der Waals surface area contributed by atoms with E-state index in [-0.39, 0.29) is 0 Å². The van der Waals surface area contributed by atoms with Gasteiger partial charge in [0.25, 0.3) is 0 Å². The molecule has 0 aliphatic rings. The number of nitrogens with zero attached hydrogens (tertiary/aromatic N) is 1. The molecule has 0 aliphatic carbocycles. The van der Waals surface area contributed by atoms with Gasteiger partial charge in [-0.05, 0) is 0 Å². The van der Waals surface area contributed by atoms with Crippen molar-refractivity contribution in [3.63, 3.8) is 0 Å². The van der Waals surface area contributed by atoms with Crippen molar-refractivity contribution in [3.8, 4) is 0 Å². The number of isocyanates is 1. The van der Waals surface area contributed by atoms with Gasteiger partial charge >= 0.3 is 0 Å². The van der Waals surface area contributed by atoms with Crippen LogP contribution < -0.4 is 0 Å². The molecule has 0 saturated carbocycles. The van der Waals surface area contributed by atoms with E-state index in [1.807, 2.05) is 13.0 Å². The van der Waals surface area contributed by atoms with E-state index in [1.54, 1.807) is 24.3 Å². The molecule has 1 unspecified atom stereocenters. The Morgan fingerprint density at radius 2 is 2.07 bits per heavy atom. The van der Waals surface area contributed by atoms with Gasteiger partial charge in [0.05, 0.1) is 0 Å². The van der Waals surface area contributed by atoms with Crippen LogP contribution in [-0.4, -0.2) is 11.2 Å². The number of aliphatic imine (C=N–C) groups is 1. The molecule has 0 bridgehead atoms. The molecule has 3 heteroatoms. The van der Waals surface area contributed by atoms with Gasteiger partial charge in [-0.15, -0.1) is 0 Å². The largest absolute Gasteiger partial charge is 0.365 e. The Hall–Kier alpha value is -1.44. The maximum absolute atomic E-state index is 10.2. The lowest BCUT2D eigenvalue weighted by Crippen LogP contribution is -2.22. The van der Waals surface area contributed by atoms with Crippen LogP contribution >= 0.6 is 0 Å². The maximum Gasteiger partial charge on any atom is 0.238 e. The maximum atomic E-state index is 10.2. The molecule has 0 radical (unpaired) electrons. The second-order valence-electron chi connectivity index (χ2n) is 3.14. The average Bonchev–Trinajstić information content (AvgIpc) is 2.20. The number of hydrogen-bond donors (Lipinski definition) is 1. The van der Waals surface area contributed by atoms with Gasteiger partial charge in [0.1, 0.15) is 0 Å². The molecule has 1 aromatic rings. The quantitative estimate of drug-likeness (QED) is 0.584. The zero-order chi connectivity index (χ0) is 10.4. The number of hydrogen-bond acceptors (Lipinski definition) is 3. The number of aliphatic hydroxyl groups is 1. The van der Waals surface area contributed by atoms with Crippen molar-refractivity contribution in [3.05, 3.63) is 35.9 Å². The van der Waals surface area contributed by atoms with Crippen LogP contribution in [0.4, 0.5) is 0 Å². The monoisotopic (exact) mass is 191 g/mol. The van der Waals surface area contributed by atoms with Crippen LogP contribution in [0.1, 0.15) is 25.3 Å². The van der Waals surface area contributed by atoms with E-state index in [4.69, 9.17) is 0 Å². The van der Waals surface area contributed by atoms with E-state index in [2.05, 4.69) is 4.99 Å². The summed E-state index contributed by atoms with van der Waals surface area (Å²) in [5.41, 5.74) is -0.775. The summed E-state index contributed by atoms with van der Waals surface area (Å²) >= 11 is 0. The van der Waals surface area contributed by atoms with Crippen LogP contribution in [0.15, 0.2) is 35.3 Å². The van der Waals surface area contributed by atoms with Gasteiger partial charge in [-0.25, -0.2) is 4.79 Å². The first-order chi connectivity index (χ1) is 6.73. The summed E-state index contributed by atoms with van der Waals surface area (Å²) < 4.78 is 0. The zero-order valence-corrected chi connectivity index (χ0v) is 8.10. The molecule has 1 atom stereocenters. The van der Waals surface area contributed by atoms with Crippen molar-refractivity contribution in [1.82, 2.24) is 0 Å². The van der Waals surface area contributed by atoms with Crippen LogP contribution in [-0.2, 0) is 10.5 Å². The molecule has 0 saturated heterocycles. The van der Waals surface area contributed by atoms with Crippen molar-refractivity contribution >= 4 is 6.08 Å². The van der Waals surface area contributed by atoms with Crippen molar-refractivity contribution < 1.29 is 9.90 Å². The van der Waals surface area contributed by atoms with E-state index in [9.17, 15) is 9.90 Å². The van der Waals surface area contributed by atoms with Crippen molar-refractivity contribution in [2.24, 2.45) is 4.99 Å². The third kappa shape index (κ3) is 2.28. The predicted molar refractivity (Wildman–Crippen MR) is 53.4 cm³/mol. The number of benzene rings is 1. The molecular weight excluding hydrogens is 178 g/mol. The Labute approximate surface area is 83.1 Å². The molecular formula is C11H13NO2. The SMILES string of the molecule is CCCC(O)(N=C=O)c1ccccc1. The van der Waals surface area contributed by atoms with Crippen LogP contribution in [0.25, 0.3) is 0 Å². The number of carbonyl (C=O) groups excluding carboxylic acids is 1. The van der Waals surface area contributed by atoms with Gasteiger partial charge < -0.3 is 5.11 Å². The third-order valence-corrected chi connectivity index (χ3v) is 2.07. The summed E-state index contributed by atoms with van der Waals surface area (Å²) in [6.07, 6.45) is 2.59. The van der Waals surface area contributed by atoms with E-state index >= 15 is 0 Å². The fourth-order valence-corrected chi connectivity index (χ4v) is 1.39. The Morgan fingerprint density at radius 3 is 2.57 bits per heavy atom. The molecule has 3 nitrogen and oxygen atoms in total. The summed E-state index contributed by atoms with van der Waals surface area (Å²) in [5.74, 6) is 0. The second-order valence-corrected chi connectivity index (χ2v) is 3.14. The molecule has 0 fully saturated rings. The summed E-state index contributed by atoms with van der Waals surface area (Å²) in [7, 11) is 0. The van der Waals surface area contributed by atoms with Gasteiger partial charge in [0.15, 0.2) is 5.72 Å². The molecule has 0 heterocycles. The Kier molecular flexibility index (Phi) is 3.57. The fourth-order valence-electron chi connectivity index (χ4n) is 1.39. The van der Waals surface area contributed by atoms with Crippen LogP contribution in [0.3, 0.4) is 0 Å². The highest BCUT2D eigenvalue weighted by Crippen LogP contribution is 2.27. The highest BCUT2D eigenvalue weighted by molar-refractivity contribution is 5.36. The molecule has 0 spiro atoms. The molecule has 0 aliphatic heterocycles. The smallest absolute Gasteiger partial charge is 0.238 e. The summed E-state index contributed by atoms with van der Waals surface area (Å²) in [5, 5.41) is 10.1. The van der Waals surface area contributed by atoms with Crippen molar-refractivity contribution in [2.45, 2.75) is 25.5 Å². The summed E-state index contributed by atoms with van der Waals surface area (Å²) in [6, 6.07) is 8.94. The van der Waals surface area contributed by atoms with Gasteiger partial charge in [-0.2, -0.15) is 4.99 Å². The Bertz CT molecular complexity index is 330. The molecule has 14 heavy (non-hydrogen) atoms. The van der Waals surface area contributed by atoms with Crippen LogP contribution in [0, 0.1) is 0 Å². The summed E-state index contributed by atoms with van der Waals surface area (Å²) in [6.45, 7) is 1.92. The molecule has 1 aromatic carbocycles. The van der Waals surface area contributed by atoms with E-state index < -0.39 is 5.72 Å². The Morgan fingerprint density at radius 1 is 1.43 bits per heavy atom. The predicted octanol–water partition coefficient (Wildman–Crippen LogP) is 1.97. The highest BCUT2D eigenvalue weighted by atomic mass is 16.3. The van der Waals surface area contributed by atoms with E-state index in [0.717, 1.165) is 6.42 Å².